The molecule has 0 saturated heterocycles. The first-order chi connectivity index (χ1) is 10.8. The third kappa shape index (κ3) is 5.62. The first kappa shape index (κ1) is 21.2. The van der Waals surface area contributed by atoms with E-state index < -0.39 is 21.5 Å². The molecule has 1 aromatic carbocycles. The molecule has 128 valence electrons. The molecule has 1 atom stereocenters. The quantitative estimate of drug-likeness (QED) is 0.460. The second-order valence-corrected chi connectivity index (χ2v) is 6.59. The van der Waals surface area contributed by atoms with E-state index in [9.17, 15) is 13.2 Å². The summed E-state index contributed by atoms with van der Waals surface area (Å²) < 4.78 is 41.5. The number of ether oxygens (including phenoxy) is 2. The number of carbonyl (C=O) groups is 1. The number of urea groups is 1. The predicted octanol–water partition coefficient (Wildman–Crippen LogP) is -1.39. The smallest absolute Gasteiger partial charge is 1.00 e. The normalized spacial score (nSPS) is 17.6. The van der Waals surface area contributed by atoms with E-state index in [4.69, 9.17) is 25.6 Å². The fraction of sp³-hybridized carbons (Fsp3) is 0.308. The number of carbonyl (C=O) groups excluding carboxylic acids is 1. The molecule has 8 nitrogen and oxygen atoms in total. The second-order valence-electron chi connectivity index (χ2n) is 4.65. The Kier molecular flexibility index (Phi) is 8.00. The van der Waals surface area contributed by atoms with Crippen molar-refractivity contribution in [2.45, 2.75) is 12.0 Å². The van der Waals surface area contributed by atoms with E-state index in [0.717, 1.165) is 22.4 Å². The third-order valence-corrected chi connectivity index (χ3v) is 4.41. The maximum atomic E-state index is 11.8. The van der Waals surface area contributed by atoms with E-state index in [1.54, 1.807) is 19.2 Å². The van der Waals surface area contributed by atoms with E-state index in [0.29, 0.717) is 0 Å². The van der Waals surface area contributed by atoms with Crippen LogP contribution in [-0.4, -0.2) is 43.1 Å². The van der Waals surface area contributed by atoms with Crippen molar-refractivity contribution in [3.05, 3.63) is 41.1 Å². The van der Waals surface area contributed by atoms with Gasteiger partial charge in [0.15, 0.2) is 5.37 Å². The van der Waals surface area contributed by atoms with E-state index in [2.05, 4.69) is 5.32 Å². The second kappa shape index (κ2) is 9.04. The summed E-state index contributed by atoms with van der Waals surface area (Å²) in [5, 5.41) is 0.178. The number of halogens is 1. The van der Waals surface area contributed by atoms with Crippen molar-refractivity contribution in [2.24, 2.45) is 0 Å². The molecule has 1 aromatic rings. The Morgan fingerprint density at radius 3 is 2.54 bits per heavy atom. The molecule has 0 spiro atoms. The molecule has 2 rings (SSSR count). The summed E-state index contributed by atoms with van der Waals surface area (Å²) in [6, 6.07) is 6.43. The van der Waals surface area contributed by atoms with Crippen molar-refractivity contribution in [2.75, 3.05) is 13.8 Å². The van der Waals surface area contributed by atoms with Crippen LogP contribution in [0.4, 0.5) is 4.79 Å². The van der Waals surface area contributed by atoms with Gasteiger partial charge in [0, 0.05) is 6.20 Å². The Morgan fingerprint density at radius 2 is 2.00 bits per heavy atom. The van der Waals surface area contributed by atoms with Gasteiger partial charge in [0.05, 0.1) is 18.7 Å². The molecule has 2 amide bonds. The summed E-state index contributed by atoms with van der Waals surface area (Å²) in [6.07, 6.45) is 1.10. The largest absolute Gasteiger partial charge is 1.00 e. The van der Waals surface area contributed by atoms with E-state index in [1.807, 2.05) is 12.1 Å². The van der Waals surface area contributed by atoms with E-state index in [-0.39, 0.29) is 49.4 Å². The molecule has 1 heterocycles. The number of methoxy groups -OCH3 is 1. The Hall–Kier alpha value is -0.810. The maximum absolute atomic E-state index is 11.8. The van der Waals surface area contributed by atoms with Crippen LogP contribution >= 0.6 is 11.6 Å². The molecular weight excluding hydrogens is 371 g/mol. The standard InChI is InChI=1S/C13H15ClN2O6S.Na.H/c1-21-10-4-2-9(3-5-10)7-22-8-16-6-11(14)12(15-13(16)17)23(18,19)20;;/h2-6,12H,7-8H2,1H3,(H,15,17)(H,18,19,20);;/q;+1;-1. The summed E-state index contributed by atoms with van der Waals surface area (Å²) in [5.74, 6) is 0.718. The molecule has 0 aliphatic carbocycles. The Labute approximate surface area is 168 Å². The van der Waals surface area contributed by atoms with Gasteiger partial charge in [-0.05, 0) is 17.7 Å². The number of rotatable bonds is 6. The third-order valence-electron chi connectivity index (χ3n) is 3.00. The van der Waals surface area contributed by atoms with Crippen molar-refractivity contribution in [3.63, 3.8) is 0 Å². The van der Waals surface area contributed by atoms with Crippen LogP contribution in [-0.2, 0) is 21.5 Å². The average Bonchev–Trinajstić information content (AvgIpc) is 2.50. The number of benzene rings is 1. The van der Waals surface area contributed by atoms with Gasteiger partial charge in [-0.2, -0.15) is 8.42 Å². The fourth-order valence-electron chi connectivity index (χ4n) is 1.84. The number of hydrogen-bond acceptors (Lipinski definition) is 5. The van der Waals surface area contributed by atoms with Crippen molar-refractivity contribution in [3.8, 4) is 5.75 Å². The zero-order valence-electron chi connectivity index (χ0n) is 14.1. The van der Waals surface area contributed by atoms with E-state index in [1.165, 1.54) is 0 Å². The maximum Gasteiger partial charge on any atom is 1.00 e. The SMILES string of the molecule is COc1ccc(COCN2C=C(Cl)C(S(=O)(=O)O)NC2=O)cc1.[H-].[Na+]. The van der Waals surface area contributed by atoms with Gasteiger partial charge in [-0.15, -0.1) is 0 Å². The van der Waals surface area contributed by atoms with E-state index >= 15 is 0 Å². The van der Waals surface area contributed by atoms with Crippen molar-refractivity contribution in [1.82, 2.24) is 10.2 Å². The predicted molar refractivity (Wildman–Crippen MR) is 83.4 cm³/mol. The van der Waals surface area contributed by atoms with Gasteiger partial charge in [0.1, 0.15) is 12.5 Å². The number of amides is 2. The molecule has 0 saturated carbocycles. The van der Waals surface area contributed by atoms with Gasteiger partial charge in [-0.3, -0.25) is 9.45 Å². The summed E-state index contributed by atoms with van der Waals surface area (Å²) in [4.78, 5) is 12.8. The molecule has 2 N–H and O–H groups in total. The number of nitrogens with zero attached hydrogens (tertiary/aromatic N) is 1. The fourth-order valence-corrected chi connectivity index (χ4v) is 2.94. The number of hydrogen-bond donors (Lipinski definition) is 2. The van der Waals surface area contributed by atoms with Gasteiger partial charge in [-0.1, -0.05) is 23.7 Å². The minimum atomic E-state index is -4.51. The zero-order chi connectivity index (χ0) is 17.0. The topological polar surface area (TPSA) is 105 Å². The molecular formula is C13H16ClN2NaO6S. The molecule has 0 bridgehead atoms. The van der Waals surface area contributed by atoms with Crippen molar-refractivity contribution >= 4 is 27.8 Å². The summed E-state index contributed by atoms with van der Waals surface area (Å²) in [6.45, 7) is 0.104. The Balaban J connectivity index is 0.00000288. The van der Waals surface area contributed by atoms with Gasteiger partial charge < -0.3 is 16.2 Å². The minimum absolute atomic E-state index is 0. The molecule has 0 radical (unpaired) electrons. The zero-order valence-corrected chi connectivity index (χ0v) is 16.7. The van der Waals surface area contributed by atoms with Gasteiger partial charge in [0.25, 0.3) is 10.1 Å². The van der Waals surface area contributed by atoms with Crippen LogP contribution in [0, 0.1) is 0 Å². The molecule has 11 heteroatoms. The average molecular weight is 387 g/mol. The Bertz CT molecular complexity index is 716. The van der Waals surface area contributed by atoms with Crippen LogP contribution in [0.25, 0.3) is 0 Å². The Morgan fingerprint density at radius 1 is 1.38 bits per heavy atom. The van der Waals surface area contributed by atoms with Crippen LogP contribution in [0.15, 0.2) is 35.5 Å². The van der Waals surface area contributed by atoms with Crippen LogP contribution in [0.5, 0.6) is 5.75 Å². The van der Waals surface area contributed by atoms with Crippen LogP contribution in [0.1, 0.15) is 6.99 Å². The van der Waals surface area contributed by atoms with Gasteiger partial charge in [0.2, 0.25) is 0 Å². The van der Waals surface area contributed by atoms with Crippen molar-refractivity contribution < 1.29 is 58.2 Å². The summed E-state index contributed by atoms with van der Waals surface area (Å²) in [5.41, 5.74) is 0.870. The summed E-state index contributed by atoms with van der Waals surface area (Å²) in [7, 11) is -2.95. The first-order valence-electron chi connectivity index (χ1n) is 6.42. The first-order valence-corrected chi connectivity index (χ1v) is 8.30. The number of nitrogens with one attached hydrogen (secondary N) is 1. The molecule has 0 fully saturated rings. The monoisotopic (exact) mass is 386 g/mol. The molecule has 1 aliphatic rings. The van der Waals surface area contributed by atoms with Gasteiger partial charge in [-0.25, -0.2) is 4.79 Å². The molecule has 1 aliphatic heterocycles. The van der Waals surface area contributed by atoms with Crippen LogP contribution in [0.3, 0.4) is 0 Å². The van der Waals surface area contributed by atoms with Crippen molar-refractivity contribution in [1.29, 1.82) is 0 Å². The molecule has 0 aromatic heterocycles. The summed E-state index contributed by atoms with van der Waals surface area (Å²) >= 11 is 5.75. The molecule has 24 heavy (non-hydrogen) atoms. The van der Waals surface area contributed by atoms with Crippen LogP contribution in [0.2, 0.25) is 0 Å². The minimum Gasteiger partial charge on any atom is -1.00 e. The van der Waals surface area contributed by atoms with Gasteiger partial charge >= 0.3 is 35.6 Å². The van der Waals surface area contributed by atoms with Crippen LogP contribution < -0.4 is 39.6 Å². The molecule has 1 unspecified atom stereocenters.